The zero-order valence-electron chi connectivity index (χ0n) is 18.7. The minimum atomic E-state index is -0.406. The van der Waals surface area contributed by atoms with Crippen LogP contribution in [0.15, 0.2) is 66.7 Å². The molecule has 172 valence electrons. The fourth-order valence-corrected chi connectivity index (χ4v) is 5.57. The molecule has 1 aromatic heterocycles. The van der Waals surface area contributed by atoms with Gasteiger partial charge in [-0.2, -0.15) is 0 Å². The molecule has 4 nitrogen and oxygen atoms in total. The summed E-state index contributed by atoms with van der Waals surface area (Å²) in [6, 6.07) is 22.6. The van der Waals surface area contributed by atoms with Gasteiger partial charge in [0.1, 0.15) is 38.8 Å². The van der Waals surface area contributed by atoms with Crippen LogP contribution in [-0.4, -0.2) is 55.0 Å². The first-order valence-corrected chi connectivity index (χ1v) is 12.6. The van der Waals surface area contributed by atoms with Crippen LogP contribution in [0.2, 0.25) is 10.0 Å². The highest BCUT2D eigenvalue weighted by Gasteiger charge is 2.25. The summed E-state index contributed by atoms with van der Waals surface area (Å²) in [5.74, 6) is 0. The van der Waals surface area contributed by atoms with E-state index in [4.69, 9.17) is 23.2 Å². The molecule has 0 spiro atoms. The maximum atomic E-state index is 11.0. The molecular weight excluding hydrogens is 453 g/mol. The number of aliphatic hydroxyl groups is 1. The number of aliphatic hydroxyl groups excluding tert-OH is 1. The van der Waals surface area contributed by atoms with E-state index in [0.717, 1.165) is 47.9 Å². The number of fused-ring (bicyclic) bond motifs is 3. The molecule has 4 aromatic rings. The largest absolute Gasteiger partial charge is 0.385 e. The van der Waals surface area contributed by atoms with E-state index in [1.807, 2.05) is 36.4 Å². The Labute approximate surface area is 204 Å². The van der Waals surface area contributed by atoms with Gasteiger partial charge < -0.3 is 19.5 Å². The Morgan fingerprint density at radius 3 is 1.97 bits per heavy atom. The molecule has 1 aliphatic rings. The summed E-state index contributed by atoms with van der Waals surface area (Å²) in [5, 5.41) is 14.6. The molecule has 2 heterocycles. The highest BCUT2D eigenvalue weighted by Crippen LogP contribution is 2.32. The molecule has 0 radical (unpaired) electrons. The second-order valence-electron chi connectivity index (χ2n) is 9.28. The third-order valence-electron chi connectivity index (χ3n) is 6.98. The Kier molecular flexibility index (Phi) is 6.91. The molecule has 0 bridgehead atoms. The van der Waals surface area contributed by atoms with Gasteiger partial charge in [-0.15, -0.1) is 0 Å². The molecule has 6 heteroatoms. The van der Waals surface area contributed by atoms with Gasteiger partial charge in [-0.05, 0) is 42.0 Å². The van der Waals surface area contributed by atoms with Crippen LogP contribution in [0.5, 0.6) is 0 Å². The molecule has 1 saturated heterocycles. The van der Waals surface area contributed by atoms with Gasteiger partial charge in [-0.3, -0.25) is 0 Å². The number of nitrogens with zero attached hydrogens (tertiary/aromatic N) is 1. The first-order valence-electron chi connectivity index (χ1n) is 11.8. The first-order chi connectivity index (χ1) is 16.1. The van der Waals surface area contributed by atoms with Crippen molar-refractivity contribution >= 4 is 45.0 Å². The van der Waals surface area contributed by atoms with Crippen molar-refractivity contribution < 1.29 is 14.9 Å². The van der Waals surface area contributed by atoms with Crippen LogP contribution in [0.1, 0.15) is 5.56 Å². The maximum Gasteiger partial charge on any atom is 0.127 e. The standard InChI is InChI=1S/C27H29Cl2N3O/c28-21-6-8-26-24(16-21)25-17-22(29)7-9-27(25)32(26)19-23(33)18-31-14-12-30(13-15-31)11-10-20-4-2-1-3-5-20/h1-9,16-17,23,33H,10-15,18-19H2/p+2/t23-/m1/s1. The highest BCUT2D eigenvalue weighted by molar-refractivity contribution is 6.33. The monoisotopic (exact) mass is 483 g/mol. The van der Waals surface area contributed by atoms with E-state index in [2.05, 4.69) is 34.9 Å². The molecule has 1 aliphatic heterocycles. The summed E-state index contributed by atoms with van der Waals surface area (Å²) < 4.78 is 2.21. The van der Waals surface area contributed by atoms with E-state index in [0.29, 0.717) is 16.6 Å². The minimum Gasteiger partial charge on any atom is -0.385 e. The summed E-state index contributed by atoms with van der Waals surface area (Å²) in [6.07, 6.45) is 0.728. The summed E-state index contributed by atoms with van der Waals surface area (Å²) in [4.78, 5) is 3.17. The van der Waals surface area contributed by atoms with Crippen molar-refractivity contribution in [1.82, 2.24) is 4.57 Å². The van der Waals surface area contributed by atoms with Gasteiger partial charge in [0.15, 0.2) is 0 Å². The van der Waals surface area contributed by atoms with Gasteiger partial charge in [0.05, 0.1) is 13.1 Å². The Hall–Kier alpha value is -2.08. The number of aromatic nitrogens is 1. The molecule has 0 unspecified atom stereocenters. The number of hydrogen-bond donors (Lipinski definition) is 3. The number of hydrogen-bond acceptors (Lipinski definition) is 1. The molecule has 3 aromatic carbocycles. The van der Waals surface area contributed by atoms with Crippen molar-refractivity contribution in [2.75, 3.05) is 39.3 Å². The summed E-state index contributed by atoms with van der Waals surface area (Å²) >= 11 is 12.5. The van der Waals surface area contributed by atoms with Crippen molar-refractivity contribution in [3.63, 3.8) is 0 Å². The summed E-state index contributed by atoms with van der Waals surface area (Å²) in [5.41, 5.74) is 3.59. The van der Waals surface area contributed by atoms with Crippen LogP contribution in [0.3, 0.4) is 0 Å². The van der Waals surface area contributed by atoms with Crippen molar-refractivity contribution in [2.45, 2.75) is 19.1 Å². The number of benzene rings is 3. The van der Waals surface area contributed by atoms with E-state index in [-0.39, 0.29) is 0 Å². The second-order valence-corrected chi connectivity index (χ2v) is 10.1. The Bertz CT molecular complexity index is 1170. The fourth-order valence-electron chi connectivity index (χ4n) is 5.23. The van der Waals surface area contributed by atoms with Gasteiger partial charge in [0.25, 0.3) is 0 Å². The number of halogens is 2. The predicted molar refractivity (Wildman–Crippen MR) is 137 cm³/mol. The van der Waals surface area contributed by atoms with Gasteiger partial charge in [0.2, 0.25) is 0 Å². The Morgan fingerprint density at radius 1 is 0.788 bits per heavy atom. The highest BCUT2D eigenvalue weighted by atomic mass is 35.5. The second kappa shape index (κ2) is 10.0. The van der Waals surface area contributed by atoms with Gasteiger partial charge in [0, 0.05) is 38.3 Å². The van der Waals surface area contributed by atoms with Crippen LogP contribution in [0.25, 0.3) is 21.8 Å². The molecule has 0 saturated carbocycles. The summed E-state index contributed by atoms with van der Waals surface area (Å²) in [6.45, 7) is 7.08. The normalized spacial score (nSPS) is 19.8. The lowest BCUT2D eigenvalue weighted by Crippen LogP contribution is -3.28. The number of piperazine rings is 1. The SMILES string of the molecule is O[C@@H](Cn1c2ccc(Cl)cc2c2cc(Cl)ccc21)C[NH+]1CC[NH+](CCc2ccccc2)CC1. The molecule has 0 amide bonds. The Morgan fingerprint density at radius 2 is 1.36 bits per heavy atom. The van der Waals surface area contributed by atoms with Crippen molar-refractivity contribution in [3.8, 4) is 0 Å². The first kappa shape index (κ1) is 22.7. The topological polar surface area (TPSA) is 34.0 Å². The molecule has 1 fully saturated rings. The van der Waals surface area contributed by atoms with Crippen LogP contribution >= 0.6 is 23.2 Å². The third-order valence-corrected chi connectivity index (χ3v) is 7.45. The van der Waals surface area contributed by atoms with E-state index in [1.54, 1.807) is 4.90 Å². The molecule has 0 aliphatic carbocycles. The van der Waals surface area contributed by atoms with E-state index < -0.39 is 6.10 Å². The zero-order chi connectivity index (χ0) is 22.8. The lowest BCUT2D eigenvalue weighted by Gasteiger charge is -2.31. The quantitative estimate of drug-likeness (QED) is 0.370. The van der Waals surface area contributed by atoms with Gasteiger partial charge >= 0.3 is 0 Å². The lowest BCUT2D eigenvalue weighted by molar-refractivity contribution is -1.01. The number of quaternary nitrogens is 2. The van der Waals surface area contributed by atoms with E-state index in [9.17, 15) is 5.11 Å². The summed E-state index contributed by atoms with van der Waals surface area (Å²) in [7, 11) is 0. The van der Waals surface area contributed by atoms with E-state index in [1.165, 1.54) is 30.1 Å². The average molecular weight is 484 g/mol. The fraction of sp³-hybridized carbons (Fsp3) is 0.333. The van der Waals surface area contributed by atoms with Crippen LogP contribution in [-0.2, 0) is 13.0 Å². The molecule has 1 atom stereocenters. The number of nitrogens with one attached hydrogen (secondary N) is 2. The van der Waals surface area contributed by atoms with Crippen LogP contribution in [0.4, 0.5) is 0 Å². The predicted octanol–water partition coefficient (Wildman–Crippen LogP) is 2.49. The zero-order valence-corrected chi connectivity index (χ0v) is 20.2. The van der Waals surface area contributed by atoms with Gasteiger partial charge in [-0.25, -0.2) is 0 Å². The number of rotatable bonds is 7. The smallest absolute Gasteiger partial charge is 0.127 e. The molecule has 5 rings (SSSR count). The van der Waals surface area contributed by atoms with Crippen LogP contribution in [0, 0.1) is 0 Å². The van der Waals surface area contributed by atoms with Crippen molar-refractivity contribution in [2.24, 2.45) is 0 Å². The van der Waals surface area contributed by atoms with E-state index >= 15 is 0 Å². The molecule has 33 heavy (non-hydrogen) atoms. The van der Waals surface area contributed by atoms with Gasteiger partial charge in [-0.1, -0.05) is 53.5 Å². The minimum absolute atomic E-state index is 0.406. The average Bonchev–Trinajstić information content (AvgIpc) is 3.11. The lowest BCUT2D eigenvalue weighted by atomic mass is 10.1. The third kappa shape index (κ3) is 5.21. The van der Waals surface area contributed by atoms with Crippen LogP contribution < -0.4 is 9.80 Å². The Balaban J connectivity index is 1.21. The van der Waals surface area contributed by atoms with Crippen molar-refractivity contribution in [1.29, 1.82) is 0 Å². The van der Waals surface area contributed by atoms with Crippen molar-refractivity contribution in [3.05, 3.63) is 82.3 Å². The maximum absolute atomic E-state index is 11.0. The molecule has 3 N–H and O–H groups in total. The molecular formula is C27H31Cl2N3O+2.